The van der Waals surface area contributed by atoms with E-state index >= 15 is 0 Å². The summed E-state index contributed by atoms with van der Waals surface area (Å²) in [6.07, 6.45) is -0.162. The van der Waals surface area contributed by atoms with Crippen molar-refractivity contribution in [1.29, 1.82) is 0 Å². The molecule has 0 aromatic carbocycles. The Balaban J connectivity index is 3.41. The van der Waals surface area contributed by atoms with Crippen molar-refractivity contribution < 1.29 is 9.50 Å². The molecule has 2 N–H and O–H groups in total. The summed E-state index contributed by atoms with van der Waals surface area (Å²) in [6.45, 7) is 1.93. The minimum atomic E-state index is -1.21. The average Bonchev–Trinajstić information content (AvgIpc) is 1.99. The lowest BCUT2D eigenvalue weighted by Gasteiger charge is -2.12. The third-order valence-corrected chi connectivity index (χ3v) is 1.73. The van der Waals surface area contributed by atoms with Gasteiger partial charge in [-0.2, -0.15) is 0 Å². The predicted molar refractivity (Wildman–Crippen MR) is 39.4 cm³/mol. The van der Waals surface area contributed by atoms with Crippen LogP contribution in [0.3, 0.4) is 0 Å². The fraction of sp³-hybridized carbons (Fsp3) is 1.00. The maximum absolute atomic E-state index is 12.4. The van der Waals surface area contributed by atoms with E-state index in [0.29, 0.717) is 0 Å². The summed E-state index contributed by atoms with van der Waals surface area (Å²) in [4.78, 5) is 1.96. The Kier molecular flexibility index (Phi) is 5.97. The number of hydrogen-bond donors (Lipinski definition) is 2. The molecule has 0 aliphatic heterocycles. The first kappa shape index (κ1) is 10.1. The fourth-order valence-corrected chi connectivity index (χ4v) is 0.797. The predicted octanol–water partition coefficient (Wildman–Crippen LogP) is 1.43. The standard InChI is InChI=1S/C6H13ClFNO/c1-2-5(4-10)3-6(8)9-7/h5-6,9-10H,2-4H2,1H3. The summed E-state index contributed by atoms with van der Waals surface area (Å²) < 4.78 is 12.4. The van der Waals surface area contributed by atoms with Crippen molar-refractivity contribution in [3.63, 3.8) is 0 Å². The quantitative estimate of drug-likeness (QED) is 0.482. The van der Waals surface area contributed by atoms with Crippen LogP contribution in [0.1, 0.15) is 19.8 Å². The van der Waals surface area contributed by atoms with Crippen molar-refractivity contribution >= 4 is 11.8 Å². The Morgan fingerprint density at radius 1 is 1.70 bits per heavy atom. The second kappa shape index (κ2) is 5.89. The molecule has 0 spiro atoms. The van der Waals surface area contributed by atoms with Gasteiger partial charge in [-0.1, -0.05) is 13.3 Å². The van der Waals surface area contributed by atoms with Gasteiger partial charge in [-0.15, -0.1) is 0 Å². The van der Waals surface area contributed by atoms with Gasteiger partial charge in [0.1, 0.15) is 0 Å². The number of rotatable bonds is 5. The number of alkyl halides is 1. The first-order chi connectivity index (χ1) is 4.74. The molecule has 2 nitrogen and oxygen atoms in total. The van der Waals surface area contributed by atoms with Crippen LogP contribution >= 0.6 is 11.8 Å². The van der Waals surface area contributed by atoms with Crippen LogP contribution in [0.15, 0.2) is 0 Å². The Bertz CT molecular complexity index is 80.1. The molecule has 2 atom stereocenters. The van der Waals surface area contributed by atoms with Gasteiger partial charge in [-0.3, -0.25) is 0 Å². The molecule has 0 radical (unpaired) electrons. The summed E-state index contributed by atoms with van der Waals surface area (Å²) >= 11 is 5.00. The van der Waals surface area contributed by atoms with Crippen LogP contribution in [0, 0.1) is 5.92 Å². The van der Waals surface area contributed by atoms with E-state index < -0.39 is 6.30 Å². The molecule has 0 saturated carbocycles. The van der Waals surface area contributed by atoms with E-state index in [9.17, 15) is 4.39 Å². The van der Waals surface area contributed by atoms with Gasteiger partial charge in [0.25, 0.3) is 0 Å². The van der Waals surface area contributed by atoms with Crippen molar-refractivity contribution in [2.75, 3.05) is 6.61 Å². The highest BCUT2D eigenvalue weighted by molar-refractivity contribution is 6.13. The van der Waals surface area contributed by atoms with E-state index in [1.54, 1.807) is 0 Å². The molecule has 0 heterocycles. The average molecular weight is 170 g/mol. The molecule has 10 heavy (non-hydrogen) atoms. The third kappa shape index (κ3) is 4.04. The van der Waals surface area contributed by atoms with Gasteiger partial charge in [0.05, 0.1) is 0 Å². The van der Waals surface area contributed by atoms with E-state index in [4.69, 9.17) is 16.9 Å². The van der Waals surface area contributed by atoms with E-state index in [0.717, 1.165) is 6.42 Å². The molecule has 0 saturated heterocycles. The lowest BCUT2D eigenvalue weighted by molar-refractivity contribution is 0.172. The van der Waals surface area contributed by atoms with E-state index in [2.05, 4.69) is 0 Å². The van der Waals surface area contributed by atoms with Crippen molar-refractivity contribution in [3.05, 3.63) is 0 Å². The Morgan fingerprint density at radius 3 is 2.60 bits per heavy atom. The molecule has 0 amide bonds. The number of halogens is 2. The molecule has 0 bridgehead atoms. The second-order valence-corrected chi connectivity index (χ2v) is 2.49. The Labute approximate surface area is 65.5 Å². The van der Waals surface area contributed by atoms with Crippen molar-refractivity contribution in [3.8, 4) is 0 Å². The third-order valence-electron chi connectivity index (χ3n) is 1.49. The zero-order valence-electron chi connectivity index (χ0n) is 5.98. The Hall–Kier alpha value is 0.140. The number of hydrogen-bond acceptors (Lipinski definition) is 2. The zero-order valence-corrected chi connectivity index (χ0v) is 6.74. The highest BCUT2D eigenvalue weighted by Gasteiger charge is 2.11. The molecule has 2 unspecified atom stereocenters. The summed E-state index contributed by atoms with van der Waals surface area (Å²) in [7, 11) is 0. The lowest BCUT2D eigenvalue weighted by Crippen LogP contribution is -2.20. The van der Waals surface area contributed by atoms with Crippen LogP contribution in [0.5, 0.6) is 0 Å². The van der Waals surface area contributed by atoms with E-state index in [1.807, 2.05) is 11.8 Å². The van der Waals surface area contributed by atoms with Gasteiger partial charge in [-0.25, -0.2) is 9.23 Å². The van der Waals surface area contributed by atoms with Crippen LogP contribution in [-0.2, 0) is 0 Å². The molecule has 62 valence electrons. The molecule has 0 aromatic rings. The van der Waals surface area contributed by atoms with Crippen LogP contribution in [0.25, 0.3) is 0 Å². The van der Waals surface area contributed by atoms with Crippen molar-refractivity contribution in [2.45, 2.75) is 26.1 Å². The van der Waals surface area contributed by atoms with Crippen LogP contribution in [0.4, 0.5) is 4.39 Å². The largest absolute Gasteiger partial charge is 0.396 e. The number of aliphatic hydroxyl groups excluding tert-OH is 1. The molecule has 4 heteroatoms. The number of aliphatic hydroxyl groups is 1. The highest BCUT2D eigenvalue weighted by atomic mass is 35.5. The van der Waals surface area contributed by atoms with Gasteiger partial charge in [0.2, 0.25) is 0 Å². The van der Waals surface area contributed by atoms with Crippen molar-refractivity contribution in [2.24, 2.45) is 5.92 Å². The maximum Gasteiger partial charge on any atom is 0.164 e. The molecule has 0 aliphatic rings. The lowest BCUT2D eigenvalue weighted by atomic mass is 10.0. The van der Waals surface area contributed by atoms with Crippen LogP contribution in [0.2, 0.25) is 0 Å². The minimum absolute atomic E-state index is 0.0150. The van der Waals surface area contributed by atoms with Crippen molar-refractivity contribution in [1.82, 2.24) is 4.84 Å². The molecule has 0 fully saturated rings. The summed E-state index contributed by atoms with van der Waals surface area (Å²) in [6, 6.07) is 0. The first-order valence-electron chi connectivity index (χ1n) is 3.35. The van der Waals surface area contributed by atoms with E-state index in [-0.39, 0.29) is 18.9 Å². The summed E-state index contributed by atoms with van der Waals surface area (Å²) in [5, 5.41) is 8.63. The second-order valence-electron chi connectivity index (χ2n) is 2.27. The molecular weight excluding hydrogens is 157 g/mol. The Morgan fingerprint density at radius 2 is 2.30 bits per heavy atom. The monoisotopic (exact) mass is 169 g/mol. The maximum atomic E-state index is 12.4. The van der Waals surface area contributed by atoms with Crippen LogP contribution in [-0.4, -0.2) is 18.0 Å². The topological polar surface area (TPSA) is 32.3 Å². The van der Waals surface area contributed by atoms with Gasteiger partial charge in [0.15, 0.2) is 6.30 Å². The van der Waals surface area contributed by atoms with Gasteiger partial charge >= 0.3 is 0 Å². The van der Waals surface area contributed by atoms with Gasteiger partial charge in [0, 0.05) is 6.61 Å². The smallest absolute Gasteiger partial charge is 0.164 e. The first-order valence-corrected chi connectivity index (χ1v) is 3.73. The normalized spacial score (nSPS) is 16.8. The number of nitrogens with one attached hydrogen (secondary N) is 1. The highest BCUT2D eigenvalue weighted by Crippen LogP contribution is 2.10. The fourth-order valence-electron chi connectivity index (χ4n) is 0.708. The zero-order chi connectivity index (χ0) is 7.98. The SMILES string of the molecule is CCC(CO)CC(F)NCl. The van der Waals surface area contributed by atoms with Gasteiger partial charge in [-0.05, 0) is 24.1 Å². The van der Waals surface area contributed by atoms with Gasteiger partial charge < -0.3 is 5.11 Å². The molecule has 0 aliphatic carbocycles. The van der Waals surface area contributed by atoms with E-state index in [1.165, 1.54) is 0 Å². The summed E-state index contributed by atoms with van der Waals surface area (Å²) in [5.41, 5.74) is 0. The minimum Gasteiger partial charge on any atom is -0.396 e. The molecule has 0 rings (SSSR count). The molecular formula is C6H13ClFNO. The summed E-state index contributed by atoms with van der Waals surface area (Å²) in [5.74, 6) is 0.0150. The van der Waals surface area contributed by atoms with Crippen LogP contribution < -0.4 is 4.84 Å². The molecule has 0 aromatic heterocycles.